The molecular weight excluding hydrogens is 164 g/mol. The zero-order chi connectivity index (χ0) is 10.5. The molecule has 0 aromatic heterocycles. The first-order valence-corrected chi connectivity index (χ1v) is 5.06. The van der Waals surface area contributed by atoms with Crippen molar-refractivity contribution in [3.05, 3.63) is 0 Å². The topological polar surface area (TPSA) is 55.1 Å². The molecule has 0 bridgehead atoms. The Morgan fingerprint density at radius 2 is 1.85 bits per heavy atom. The summed E-state index contributed by atoms with van der Waals surface area (Å²) in [6, 6.07) is -0.363. The Morgan fingerprint density at radius 3 is 2.15 bits per heavy atom. The first-order valence-electron chi connectivity index (χ1n) is 5.06. The van der Waals surface area contributed by atoms with E-state index in [9.17, 15) is 4.79 Å². The van der Waals surface area contributed by atoms with Gasteiger partial charge in [-0.25, -0.2) is 0 Å². The molecule has 3 nitrogen and oxygen atoms in total. The standard InChI is InChI=1S/C10H22N2O/c1-5-8(11)9(13)12-10(4,6-2)7-3/h8H,5-7,11H2,1-4H3,(H,12,13). The summed E-state index contributed by atoms with van der Waals surface area (Å²) in [7, 11) is 0. The summed E-state index contributed by atoms with van der Waals surface area (Å²) in [6.45, 7) is 8.11. The number of carbonyl (C=O) groups is 1. The molecule has 0 rings (SSSR count). The smallest absolute Gasteiger partial charge is 0.237 e. The fraction of sp³-hybridized carbons (Fsp3) is 0.900. The Hall–Kier alpha value is -0.570. The van der Waals surface area contributed by atoms with Gasteiger partial charge >= 0.3 is 0 Å². The van der Waals surface area contributed by atoms with Crippen LogP contribution in [0.5, 0.6) is 0 Å². The molecular formula is C10H22N2O. The van der Waals surface area contributed by atoms with Crippen LogP contribution < -0.4 is 11.1 Å². The molecule has 1 unspecified atom stereocenters. The van der Waals surface area contributed by atoms with E-state index in [1.807, 2.05) is 13.8 Å². The fourth-order valence-electron chi connectivity index (χ4n) is 1.00. The minimum atomic E-state index is -0.363. The highest BCUT2D eigenvalue weighted by molar-refractivity contribution is 5.82. The average molecular weight is 186 g/mol. The first kappa shape index (κ1) is 12.4. The quantitative estimate of drug-likeness (QED) is 0.682. The van der Waals surface area contributed by atoms with Crippen LogP contribution in [0.3, 0.4) is 0 Å². The molecule has 0 spiro atoms. The molecule has 78 valence electrons. The molecule has 0 aliphatic carbocycles. The SMILES string of the molecule is CCC(N)C(=O)NC(C)(CC)CC. The summed E-state index contributed by atoms with van der Waals surface area (Å²) in [5, 5.41) is 2.98. The molecule has 0 aliphatic heterocycles. The van der Waals surface area contributed by atoms with Crippen molar-refractivity contribution >= 4 is 5.91 Å². The number of nitrogens with two attached hydrogens (primary N) is 1. The van der Waals surface area contributed by atoms with Crippen LogP contribution >= 0.6 is 0 Å². The van der Waals surface area contributed by atoms with Gasteiger partial charge in [0, 0.05) is 5.54 Å². The van der Waals surface area contributed by atoms with Crippen LogP contribution in [0.1, 0.15) is 47.0 Å². The van der Waals surface area contributed by atoms with Crippen LogP contribution in [0.15, 0.2) is 0 Å². The van der Waals surface area contributed by atoms with E-state index in [-0.39, 0.29) is 17.5 Å². The number of carbonyl (C=O) groups excluding carboxylic acids is 1. The molecule has 3 N–H and O–H groups in total. The van der Waals surface area contributed by atoms with Crippen LogP contribution in [0, 0.1) is 0 Å². The number of nitrogens with one attached hydrogen (secondary N) is 1. The first-order chi connectivity index (χ1) is 5.99. The van der Waals surface area contributed by atoms with E-state index in [1.54, 1.807) is 0 Å². The summed E-state index contributed by atoms with van der Waals surface area (Å²) >= 11 is 0. The minimum Gasteiger partial charge on any atom is -0.350 e. The Labute approximate surface area is 81.1 Å². The molecule has 1 atom stereocenters. The van der Waals surface area contributed by atoms with E-state index in [4.69, 9.17) is 5.73 Å². The van der Waals surface area contributed by atoms with Crippen LogP contribution in [0.2, 0.25) is 0 Å². The fourth-order valence-corrected chi connectivity index (χ4v) is 1.00. The van der Waals surface area contributed by atoms with Crippen molar-refractivity contribution in [1.82, 2.24) is 5.32 Å². The molecule has 0 saturated carbocycles. The molecule has 0 aromatic rings. The third-order valence-corrected chi connectivity index (χ3v) is 2.76. The van der Waals surface area contributed by atoms with E-state index < -0.39 is 0 Å². The van der Waals surface area contributed by atoms with Crippen molar-refractivity contribution in [3.8, 4) is 0 Å². The Morgan fingerprint density at radius 1 is 1.38 bits per heavy atom. The Balaban J connectivity index is 4.17. The highest BCUT2D eigenvalue weighted by Gasteiger charge is 2.23. The van der Waals surface area contributed by atoms with E-state index in [0.717, 1.165) is 12.8 Å². The van der Waals surface area contributed by atoms with Crippen molar-refractivity contribution in [2.75, 3.05) is 0 Å². The highest BCUT2D eigenvalue weighted by Crippen LogP contribution is 2.13. The van der Waals surface area contributed by atoms with Gasteiger partial charge in [0.25, 0.3) is 0 Å². The maximum atomic E-state index is 11.5. The maximum absolute atomic E-state index is 11.5. The summed E-state index contributed by atoms with van der Waals surface area (Å²) in [5.41, 5.74) is 5.53. The molecule has 0 aliphatic rings. The van der Waals surface area contributed by atoms with Gasteiger partial charge in [0.2, 0.25) is 5.91 Å². The molecule has 13 heavy (non-hydrogen) atoms. The summed E-state index contributed by atoms with van der Waals surface area (Å²) in [6.07, 6.45) is 2.56. The molecule has 3 heteroatoms. The Bertz CT molecular complexity index is 164. The van der Waals surface area contributed by atoms with Crippen molar-refractivity contribution < 1.29 is 4.79 Å². The number of hydrogen-bond donors (Lipinski definition) is 2. The second kappa shape index (κ2) is 5.22. The summed E-state index contributed by atoms with van der Waals surface area (Å²) < 4.78 is 0. The van der Waals surface area contributed by atoms with Gasteiger partial charge in [-0.1, -0.05) is 20.8 Å². The normalized spacial score (nSPS) is 13.9. The molecule has 0 aromatic carbocycles. The van der Waals surface area contributed by atoms with Gasteiger partial charge < -0.3 is 11.1 Å². The third kappa shape index (κ3) is 3.77. The molecule has 0 heterocycles. The molecule has 0 fully saturated rings. The number of hydrogen-bond acceptors (Lipinski definition) is 2. The molecule has 0 radical (unpaired) electrons. The summed E-state index contributed by atoms with van der Waals surface area (Å²) in [4.78, 5) is 11.5. The van der Waals surface area contributed by atoms with Gasteiger partial charge in [-0.2, -0.15) is 0 Å². The van der Waals surface area contributed by atoms with E-state index >= 15 is 0 Å². The van der Waals surface area contributed by atoms with Crippen molar-refractivity contribution in [2.24, 2.45) is 5.73 Å². The second-order valence-corrected chi connectivity index (χ2v) is 3.77. The van der Waals surface area contributed by atoms with E-state index in [0.29, 0.717) is 6.42 Å². The number of amides is 1. The van der Waals surface area contributed by atoms with E-state index in [2.05, 4.69) is 19.2 Å². The highest BCUT2D eigenvalue weighted by atomic mass is 16.2. The van der Waals surface area contributed by atoms with E-state index in [1.165, 1.54) is 0 Å². The lowest BCUT2D eigenvalue weighted by atomic mass is 9.95. The molecule has 0 saturated heterocycles. The lowest BCUT2D eigenvalue weighted by Crippen LogP contribution is -2.51. The van der Waals surface area contributed by atoms with Crippen LogP contribution in [-0.2, 0) is 4.79 Å². The zero-order valence-corrected chi connectivity index (χ0v) is 9.18. The van der Waals surface area contributed by atoms with Crippen LogP contribution in [0.25, 0.3) is 0 Å². The van der Waals surface area contributed by atoms with Crippen molar-refractivity contribution in [2.45, 2.75) is 58.5 Å². The van der Waals surface area contributed by atoms with Gasteiger partial charge in [-0.3, -0.25) is 4.79 Å². The number of rotatable bonds is 5. The predicted molar refractivity (Wildman–Crippen MR) is 55.4 cm³/mol. The minimum absolute atomic E-state index is 0.0336. The largest absolute Gasteiger partial charge is 0.350 e. The van der Waals surface area contributed by atoms with Gasteiger partial charge in [-0.15, -0.1) is 0 Å². The van der Waals surface area contributed by atoms with Gasteiger partial charge in [0.1, 0.15) is 0 Å². The zero-order valence-electron chi connectivity index (χ0n) is 9.18. The third-order valence-electron chi connectivity index (χ3n) is 2.76. The van der Waals surface area contributed by atoms with Crippen LogP contribution in [-0.4, -0.2) is 17.5 Å². The van der Waals surface area contributed by atoms with Crippen LogP contribution in [0.4, 0.5) is 0 Å². The second-order valence-electron chi connectivity index (χ2n) is 3.77. The van der Waals surface area contributed by atoms with Crippen molar-refractivity contribution in [3.63, 3.8) is 0 Å². The summed E-state index contributed by atoms with van der Waals surface area (Å²) in [5.74, 6) is -0.0336. The molecule has 1 amide bonds. The van der Waals surface area contributed by atoms with Gasteiger partial charge in [-0.05, 0) is 26.2 Å². The maximum Gasteiger partial charge on any atom is 0.237 e. The monoisotopic (exact) mass is 186 g/mol. The lowest BCUT2D eigenvalue weighted by molar-refractivity contribution is -0.124. The van der Waals surface area contributed by atoms with Crippen molar-refractivity contribution in [1.29, 1.82) is 0 Å². The van der Waals surface area contributed by atoms with Gasteiger partial charge in [0.05, 0.1) is 6.04 Å². The Kier molecular flexibility index (Phi) is 4.99. The lowest BCUT2D eigenvalue weighted by Gasteiger charge is -2.29. The average Bonchev–Trinajstić information content (AvgIpc) is 2.16. The van der Waals surface area contributed by atoms with Gasteiger partial charge in [0.15, 0.2) is 0 Å². The predicted octanol–water partition coefficient (Wildman–Crippen LogP) is 1.42.